The van der Waals surface area contributed by atoms with Crippen LogP contribution in [0.15, 0.2) is 12.2 Å². The fourth-order valence-corrected chi connectivity index (χ4v) is 2.35. The van der Waals surface area contributed by atoms with Gasteiger partial charge in [-0.25, -0.2) is 0 Å². The second-order valence-corrected chi connectivity index (χ2v) is 6.18. The maximum absolute atomic E-state index is 9.00. The van der Waals surface area contributed by atoms with Crippen molar-refractivity contribution in [3.63, 3.8) is 0 Å². The summed E-state index contributed by atoms with van der Waals surface area (Å²) in [5.74, 6) is -0.833. The van der Waals surface area contributed by atoms with E-state index in [2.05, 4.69) is 19.1 Å². The van der Waals surface area contributed by atoms with Crippen LogP contribution in [0.1, 0.15) is 104 Å². The molecule has 0 unspecified atom stereocenters. The highest BCUT2D eigenvalue weighted by atomic mass is 16.4. The second kappa shape index (κ2) is 23.4. The third-order valence-corrected chi connectivity index (χ3v) is 3.67. The van der Waals surface area contributed by atoms with Crippen LogP contribution < -0.4 is 0 Å². The monoisotopic (exact) mass is 328 g/mol. The molecule has 3 heteroatoms. The normalized spacial score (nSPS) is 10.6. The number of aliphatic hydroxyl groups is 1. The molecule has 138 valence electrons. The number of aliphatic carboxylic acids is 1. The molecule has 0 heterocycles. The van der Waals surface area contributed by atoms with Crippen LogP contribution in [0.3, 0.4) is 0 Å². The number of carboxylic acid groups (broad SMARTS) is 1. The fraction of sp³-hybridized carbons (Fsp3) is 0.850. The van der Waals surface area contributed by atoms with Gasteiger partial charge in [0.2, 0.25) is 0 Å². The molecule has 0 aliphatic heterocycles. The van der Waals surface area contributed by atoms with Crippen molar-refractivity contribution in [3.8, 4) is 0 Å². The van der Waals surface area contributed by atoms with Crippen LogP contribution in [-0.2, 0) is 4.79 Å². The molecular weight excluding hydrogens is 288 g/mol. The summed E-state index contributed by atoms with van der Waals surface area (Å²) in [4.78, 5) is 9.00. The molecule has 0 rings (SSSR count). The largest absolute Gasteiger partial charge is 0.481 e. The van der Waals surface area contributed by atoms with Crippen molar-refractivity contribution in [2.24, 2.45) is 0 Å². The topological polar surface area (TPSA) is 57.5 Å². The van der Waals surface area contributed by atoms with Crippen LogP contribution in [0, 0.1) is 0 Å². The lowest BCUT2D eigenvalue weighted by molar-refractivity contribution is -0.134. The van der Waals surface area contributed by atoms with Crippen molar-refractivity contribution in [1.29, 1.82) is 0 Å². The van der Waals surface area contributed by atoms with Crippen molar-refractivity contribution >= 4 is 5.97 Å². The van der Waals surface area contributed by atoms with E-state index in [0.29, 0.717) is 6.61 Å². The average molecular weight is 329 g/mol. The molecule has 23 heavy (non-hydrogen) atoms. The van der Waals surface area contributed by atoms with Crippen LogP contribution >= 0.6 is 0 Å². The molecule has 0 atom stereocenters. The molecule has 0 aromatic heterocycles. The van der Waals surface area contributed by atoms with Gasteiger partial charge in [-0.3, -0.25) is 4.79 Å². The molecule has 0 aliphatic carbocycles. The van der Waals surface area contributed by atoms with Gasteiger partial charge in [0.25, 0.3) is 5.97 Å². The molecule has 0 aliphatic rings. The highest BCUT2D eigenvalue weighted by Crippen LogP contribution is 2.11. The van der Waals surface area contributed by atoms with E-state index in [4.69, 9.17) is 15.0 Å². The van der Waals surface area contributed by atoms with Crippen molar-refractivity contribution in [2.75, 3.05) is 6.61 Å². The number of hydrogen-bond acceptors (Lipinski definition) is 2. The summed E-state index contributed by atoms with van der Waals surface area (Å²) in [7, 11) is 0. The number of carboxylic acids is 1. The first-order chi connectivity index (χ1) is 11.1. The van der Waals surface area contributed by atoms with Crippen LogP contribution in [0.2, 0.25) is 0 Å². The number of carbonyl (C=O) groups is 1. The summed E-state index contributed by atoms with van der Waals surface area (Å²) in [6.45, 7) is 3.70. The lowest BCUT2D eigenvalue weighted by Crippen LogP contribution is -1.84. The zero-order valence-electron chi connectivity index (χ0n) is 15.6. The standard InChI is InChI=1S/C18H36O.C2H4O2/c1-2-3-4-5-6-7-8-9-10-11-12-13-14-15-16-17-18-19;1-2(3)4/h5-6,19H,2-4,7-18H2,1H3;1H3,(H,3,4). The minimum Gasteiger partial charge on any atom is -0.481 e. The highest BCUT2D eigenvalue weighted by molar-refractivity contribution is 5.62. The molecule has 0 amide bonds. The van der Waals surface area contributed by atoms with Crippen molar-refractivity contribution in [1.82, 2.24) is 0 Å². The third kappa shape index (κ3) is 33.8. The molecular formula is C20H40O3. The van der Waals surface area contributed by atoms with E-state index in [1.54, 1.807) is 0 Å². The van der Waals surface area contributed by atoms with Gasteiger partial charge in [-0.15, -0.1) is 0 Å². The summed E-state index contributed by atoms with van der Waals surface area (Å²) in [6.07, 6.45) is 23.2. The van der Waals surface area contributed by atoms with Gasteiger partial charge in [0.15, 0.2) is 0 Å². The number of aliphatic hydroxyl groups excluding tert-OH is 1. The van der Waals surface area contributed by atoms with Crippen molar-refractivity contribution in [3.05, 3.63) is 12.2 Å². The zero-order valence-corrected chi connectivity index (χ0v) is 15.6. The van der Waals surface area contributed by atoms with Crippen LogP contribution in [-0.4, -0.2) is 22.8 Å². The Hall–Kier alpha value is -0.830. The molecule has 0 spiro atoms. The molecule has 0 saturated carbocycles. The smallest absolute Gasteiger partial charge is 0.300 e. The Morgan fingerprint density at radius 2 is 1.09 bits per heavy atom. The number of hydrogen-bond donors (Lipinski definition) is 2. The summed E-state index contributed by atoms with van der Waals surface area (Å²) >= 11 is 0. The first-order valence-corrected chi connectivity index (χ1v) is 9.60. The van der Waals surface area contributed by atoms with E-state index in [1.165, 1.54) is 83.5 Å². The van der Waals surface area contributed by atoms with Gasteiger partial charge in [0.05, 0.1) is 0 Å². The fourth-order valence-electron chi connectivity index (χ4n) is 2.35. The Bertz CT molecular complexity index is 245. The van der Waals surface area contributed by atoms with Gasteiger partial charge in [-0.2, -0.15) is 0 Å². The first kappa shape index (κ1) is 24.4. The Kier molecular flexibility index (Phi) is 24.9. The molecule has 0 bridgehead atoms. The first-order valence-electron chi connectivity index (χ1n) is 9.60. The van der Waals surface area contributed by atoms with E-state index >= 15 is 0 Å². The number of allylic oxidation sites excluding steroid dienone is 2. The minimum atomic E-state index is -0.833. The SMILES string of the molecule is CC(=O)O.CCCCC=CCCCCCCCCCCCCO. The van der Waals surface area contributed by atoms with Crippen LogP contribution in [0.5, 0.6) is 0 Å². The minimum absolute atomic E-state index is 0.368. The van der Waals surface area contributed by atoms with Gasteiger partial charge in [-0.05, 0) is 25.7 Å². The number of rotatable bonds is 15. The van der Waals surface area contributed by atoms with Gasteiger partial charge < -0.3 is 10.2 Å². The lowest BCUT2D eigenvalue weighted by Gasteiger charge is -2.01. The van der Waals surface area contributed by atoms with E-state index in [9.17, 15) is 0 Å². The third-order valence-electron chi connectivity index (χ3n) is 3.67. The average Bonchev–Trinajstić information content (AvgIpc) is 2.50. The van der Waals surface area contributed by atoms with Crippen molar-refractivity contribution < 1.29 is 15.0 Å². The Morgan fingerprint density at radius 3 is 1.48 bits per heavy atom. The van der Waals surface area contributed by atoms with Gasteiger partial charge in [-0.1, -0.05) is 83.3 Å². The van der Waals surface area contributed by atoms with Gasteiger partial charge in [0.1, 0.15) is 0 Å². The van der Waals surface area contributed by atoms with Gasteiger partial charge >= 0.3 is 0 Å². The van der Waals surface area contributed by atoms with E-state index in [0.717, 1.165) is 13.3 Å². The lowest BCUT2D eigenvalue weighted by atomic mass is 10.1. The maximum Gasteiger partial charge on any atom is 0.300 e. The summed E-state index contributed by atoms with van der Waals surface area (Å²) < 4.78 is 0. The summed E-state index contributed by atoms with van der Waals surface area (Å²) in [6, 6.07) is 0. The van der Waals surface area contributed by atoms with E-state index < -0.39 is 5.97 Å². The van der Waals surface area contributed by atoms with E-state index in [1.807, 2.05) is 0 Å². The molecule has 3 nitrogen and oxygen atoms in total. The predicted molar refractivity (Wildman–Crippen MR) is 99.8 cm³/mol. The Balaban J connectivity index is 0. The number of unbranched alkanes of at least 4 members (excludes halogenated alkanes) is 12. The Labute approximate surface area is 144 Å². The molecule has 2 N–H and O–H groups in total. The quantitative estimate of drug-likeness (QED) is 0.282. The highest BCUT2D eigenvalue weighted by Gasteiger charge is 1.92. The van der Waals surface area contributed by atoms with Crippen LogP contribution in [0.4, 0.5) is 0 Å². The van der Waals surface area contributed by atoms with E-state index in [-0.39, 0.29) is 0 Å². The van der Waals surface area contributed by atoms with Gasteiger partial charge in [0, 0.05) is 13.5 Å². The molecule has 0 saturated heterocycles. The van der Waals surface area contributed by atoms with Crippen LogP contribution in [0.25, 0.3) is 0 Å². The molecule has 0 radical (unpaired) electrons. The Morgan fingerprint density at radius 1 is 0.739 bits per heavy atom. The summed E-state index contributed by atoms with van der Waals surface area (Å²) in [5.41, 5.74) is 0. The molecule has 0 aromatic rings. The second-order valence-electron chi connectivity index (χ2n) is 6.18. The van der Waals surface area contributed by atoms with Crippen molar-refractivity contribution in [2.45, 2.75) is 104 Å². The molecule has 0 aromatic carbocycles. The zero-order chi connectivity index (χ0) is 17.6. The maximum atomic E-state index is 9.00. The predicted octanol–water partition coefficient (Wildman–Crippen LogP) is 6.11. The summed E-state index contributed by atoms with van der Waals surface area (Å²) in [5, 5.41) is 16.1. The molecule has 0 fully saturated rings.